The van der Waals surface area contributed by atoms with Gasteiger partial charge in [-0.2, -0.15) is 0 Å². The molecule has 7 heteroatoms. The molecule has 0 amide bonds. The molecule has 6 nitrogen and oxygen atoms in total. The molecule has 2 atom stereocenters. The van der Waals surface area contributed by atoms with Crippen LogP contribution < -0.4 is 15.8 Å². The van der Waals surface area contributed by atoms with Gasteiger partial charge in [0.2, 0.25) is 10.0 Å². The average Bonchev–Trinajstić information content (AvgIpc) is 2.34. The van der Waals surface area contributed by atoms with E-state index in [0.29, 0.717) is 6.54 Å². The normalized spacial score (nSPS) is 15.1. The Morgan fingerprint density at radius 2 is 1.75 bits per heavy atom. The van der Waals surface area contributed by atoms with Crippen LogP contribution in [-0.2, 0) is 10.0 Å². The molecule has 0 aromatic heterocycles. The number of hydrogen-bond acceptors (Lipinski definition) is 5. The molecule has 0 saturated carbocycles. The summed E-state index contributed by atoms with van der Waals surface area (Å²) in [6, 6.07) is 5.87. The van der Waals surface area contributed by atoms with Gasteiger partial charge in [-0.25, -0.2) is 13.1 Å². The number of benzene rings is 1. The first kappa shape index (κ1) is 16.9. The minimum atomic E-state index is -3.46. The summed E-state index contributed by atoms with van der Waals surface area (Å²) in [7, 11) is -3.46. The maximum Gasteiger partial charge on any atom is 0.240 e. The van der Waals surface area contributed by atoms with Gasteiger partial charge in [-0.1, -0.05) is 0 Å². The van der Waals surface area contributed by atoms with Gasteiger partial charge in [0.1, 0.15) is 0 Å². The lowest BCUT2D eigenvalue weighted by atomic mass is 10.2. The summed E-state index contributed by atoms with van der Waals surface area (Å²) in [5.74, 6) is 0. The molecular weight excluding hydrogens is 278 g/mol. The van der Waals surface area contributed by atoms with Crippen molar-refractivity contribution in [2.45, 2.75) is 43.9 Å². The number of aliphatic hydroxyl groups is 1. The molecule has 0 heterocycles. The molecule has 0 spiro atoms. The smallest absolute Gasteiger partial charge is 0.240 e. The maximum atomic E-state index is 11.9. The third kappa shape index (κ3) is 5.09. The molecule has 0 bridgehead atoms. The first-order valence-corrected chi connectivity index (χ1v) is 8.00. The largest absolute Gasteiger partial charge is 0.392 e. The number of hydrogen-bond donors (Lipinski definition) is 4. The van der Waals surface area contributed by atoms with Crippen molar-refractivity contribution in [1.82, 2.24) is 4.72 Å². The van der Waals surface area contributed by atoms with Crippen molar-refractivity contribution in [2.75, 3.05) is 11.9 Å². The van der Waals surface area contributed by atoms with Crippen LogP contribution in [0.2, 0.25) is 0 Å². The van der Waals surface area contributed by atoms with Crippen molar-refractivity contribution in [3.8, 4) is 0 Å². The summed E-state index contributed by atoms with van der Waals surface area (Å²) in [5.41, 5.74) is 6.45. The van der Waals surface area contributed by atoms with Crippen LogP contribution in [0, 0.1) is 0 Å². The van der Waals surface area contributed by atoms with Crippen LogP contribution in [0.3, 0.4) is 0 Å². The molecule has 1 aromatic carbocycles. The average molecular weight is 301 g/mol. The van der Waals surface area contributed by atoms with Gasteiger partial charge in [-0.05, 0) is 45.0 Å². The lowest BCUT2D eigenvalue weighted by Gasteiger charge is -2.16. The lowest BCUT2D eigenvalue weighted by molar-refractivity contribution is 0.168. The highest BCUT2D eigenvalue weighted by atomic mass is 32.2. The molecule has 114 valence electrons. The summed E-state index contributed by atoms with van der Waals surface area (Å²) in [6.45, 7) is 5.57. The molecule has 0 radical (unpaired) electrons. The lowest BCUT2D eigenvalue weighted by Crippen LogP contribution is -2.38. The van der Waals surface area contributed by atoms with E-state index in [1.165, 1.54) is 12.1 Å². The van der Waals surface area contributed by atoms with E-state index in [1.54, 1.807) is 32.9 Å². The molecule has 20 heavy (non-hydrogen) atoms. The third-order valence-electron chi connectivity index (χ3n) is 2.72. The third-order valence-corrected chi connectivity index (χ3v) is 4.39. The van der Waals surface area contributed by atoms with Crippen molar-refractivity contribution in [3.63, 3.8) is 0 Å². The van der Waals surface area contributed by atoms with Gasteiger partial charge in [0.25, 0.3) is 0 Å². The monoisotopic (exact) mass is 301 g/mol. The molecule has 2 unspecified atom stereocenters. The Labute approximate surface area is 120 Å². The van der Waals surface area contributed by atoms with Gasteiger partial charge in [0.05, 0.1) is 11.0 Å². The number of anilines is 1. The highest BCUT2D eigenvalue weighted by Gasteiger charge is 2.15. The molecule has 1 rings (SSSR count). The second-order valence-electron chi connectivity index (χ2n) is 5.09. The van der Waals surface area contributed by atoms with Gasteiger partial charge >= 0.3 is 0 Å². The fourth-order valence-corrected chi connectivity index (χ4v) is 2.79. The molecular formula is C13H23N3O3S. The van der Waals surface area contributed by atoms with E-state index in [-0.39, 0.29) is 17.0 Å². The van der Waals surface area contributed by atoms with Crippen molar-refractivity contribution in [3.05, 3.63) is 24.3 Å². The summed E-state index contributed by atoms with van der Waals surface area (Å²) in [5, 5.41) is 12.3. The van der Waals surface area contributed by atoms with Crippen LogP contribution in [-0.4, -0.2) is 38.3 Å². The Kier molecular flexibility index (Phi) is 5.94. The van der Waals surface area contributed by atoms with E-state index in [2.05, 4.69) is 10.0 Å². The summed E-state index contributed by atoms with van der Waals surface area (Å²) < 4.78 is 26.4. The first-order valence-electron chi connectivity index (χ1n) is 6.52. The zero-order valence-electron chi connectivity index (χ0n) is 12.0. The molecule has 1 aromatic rings. The molecule has 0 fully saturated rings. The summed E-state index contributed by atoms with van der Waals surface area (Å²) in [6.07, 6.45) is -0.600. The molecule has 0 aliphatic rings. The van der Waals surface area contributed by atoms with Crippen molar-refractivity contribution in [2.24, 2.45) is 5.73 Å². The number of aliphatic hydroxyl groups excluding tert-OH is 1. The highest BCUT2D eigenvalue weighted by molar-refractivity contribution is 7.89. The number of nitrogens with one attached hydrogen (secondary N) is 2. The minimum absolute atomic E-state index is 0.151. The Balaban J connectivity index is 2.70. The van der Waals surface area contributed by atoms with E-state index in [0.717, 1.165) is 5.69 Å². The zero-order valence-corrected chi connectivity index (χ0v) is 12.8. The van der Waals surface area contributed by atoms with Gasteiger partial charge in [-0.3, -0.25) is 0 Å². The predicted molar refractivity (Wildman–Crippen MR) is 80.0 cm³/mol. The number of nitrogens with two attached hydrogens (primary N) is 1. The molecule has 5 N–H and O–H groups in total. The van der Waals surface area contributed by atoms with E-state index < -0.39 is 16.1 Å². The maximum absolute atomic E-state index is 11.9. The van der Waals surface area contributed by atoms with Crippen molar-refractivity contribution in [1.29, 1.82) is 0 Å². The first-order chi connectivity index (χ1) is 9.22. The highest BCUT2D eigenvalue weighted by Crippen LogP contribution is 2.14. The zero-order chi connectivity index (χ0) is 15.3. The van der Waals surface area contributed by atoms with Crippen LogP contribution in [0.1, 0.15) is 20.8 Å². The van der Waals surface area contributed by atoms with Gasteiger partial charge in [0.15, 0.2) is 0 Å². The minimum Gasteiger partial charge on any atom is -0.392 e. The van der Waals surface area contributed by atoms with E-state index in [4.69, 9.17) is 5.73 Å². The second-order valence-corrected chi connectivity index (χ2v) is 6.80. The summed E-state index contributed by atoms with van der Waals surface area (Å²) in [4.78, 5) is 0.219. The predicted octanol–water partition coefficient (Wildman–Crippen LogP) is 0.493. The van der Waals surface area contributed by atoms with Gasteiger partial charge in [-0.15, -0.1) is 0 Å². The van der Waals surface area contributed by atoms with Crippen LogP contribution in [0.25, 0.3) is 0 Å². The van der Waals surface area contributed by atoms with E-state index in [1.807, 2.05) is 0 Å². The fourth-order valence-electron chi connectivity index (χ4n) is 1.54. The van der Waals surface area contributed by atoms with Crippen LogP contribution in [0.4, 0.5) is 5.69 Å². The Morgan fingerprint density at radius 3 is 2.20 bits per heavy atom. The quantitative estimate of drug-likeness (QED) is 0.587. The van der Waals surface area contributed by atoms with Gasteiger partial charge in [0, 0.05) is 24.3 Å². The number of sulfonamides is 1. The van der Waals surface area contributed by atoms with Gasteiger partial charge < -0.3 is 16.2 Å². The Morgan fingerprint density at radius 1 is 1.20 bits per heavy atom. The van der Waals surface area contributed by atoms with Crippen LogP contribution in [0.15, 0.2) is 29.2 Å². The van der Waals surface area contributed by atoms with Crippen molar-refractivity contribution >= 4 is 15.7 Å². The Hall–Kier alpha value is -1.15. The van der Waals surface area contributed by atoms with E-state index in [9.17, 15) is 13.5 Å². The Bertz CT molecular complexity index is 512. The SMILES string of the molecule is CC(C)NS(=O)(=O)c1ccc(NCC(N)C(C)O)cc1. The number of rotatable bonds is 7. The second kappa shape index (κ2) is 7.03. The fraction of sp³-hybridized carbons (Fsp3) is 0.538. The van der Waals surface area contributed by atoms with Crippen LogP contribution in [0.5, 0.6) is 0 Å². The standard InChI is InChI=1S/C13H23N3O3S/c1-9(2)16-20(18,19)12-6-4-11(5-7-12)15-8-13(14)10(3)17/h4-7,9-10,13,15-17H,8,14H2,1-3H3. The molecule has 0 aliphatic heterocycles. The summed E-state index contributed by atoms with van der Waals surface area (Å²) >= 11 is 0. The van der Waals surface area contributed by atoms with E-state index >= 15 is 0 Å². The molecule has 0 aliphatic carbocycles. The topological polar surface area (TPSA) is 104 Å². The van der Waals surface area contributed by atoms with Crippen molar-refractivity contribution < 1.29 is 13.5 Å². The van der Waals surface area contributed by atoms with Crippen LogP contribution >= 0.6 is 0 Å². The molecule has 0 saturated heterocycles.